The Labute approximate surface area is 164 Å². The van der Waals surface area contributed by atoms with Gasteiger partial charge in [-0.25, -0.2) is 0 Å². The van der Waals surface area contributed by atoms with E-state index in [0.29, 0.717) is 22.3 Å². The number of halogens is 2. The molecule has 0 bridgehead atoms. The third-order valence-electron chi connectivity index (χ3n) is 4.21. The van der Waals surface area contributed by atoms with Gasteiger partial charge in [0.05, 0.1) is 28.8 Å². The van der Waals surface area contributed by atoms with Crippen molar-refractivity contribution >= 4 is 40.7 Å². The predicted octanol–water partition coefficient (Wildman–Crippen LogP) is 3.87. The summed E-state index contributed by atoms with van der Waals surface area (Å²) < 4.78 is 0. The standard InChI is InChI=1S/C19H25Cl2N3O2/c1-24(12-17(25)22-11-10-14-6-3-2-4-7-14)13-18(26)23-19-15(20)8-5-9-16(19)21/h5-6,8-9H,2-4,7,10-13H2,1H3,(H,22,25)(H,23,26). The van der Waals surface area contributed by atoms with Crippen molar-refractivity contribution in [1.29, 1.82) is 0 Å². The van der Waals surface area contributed by atoms with Crippen LogP contribution in [0.5, 0.6) is 0 Å². The van der Waals surface area contributed by atoms with Crippen molar-refractivity contribution in [2.45, 2.75) is 32.1 Å². The van der Waals surface area contributed by atoms with E-state index in [2.05, 4.69) is 16.7 Å². The number of hydrogen-bond acceptors (Lipinski definition) is 3. The van der Waals surface area contributed by atoms with E-state index >= 15 is 0 Å². The average molecular weight is 398 g/mol. The second-order valence-corrected chi connectivity index (χ2v) is 7.34. The molecule has 0 spiro atoms. The highest BCUT2D eigenvalue weighted by atomic mass is 35.5. The number of anilines is 1. The predicted molar refractivity (Wildman–Crippen MR) is 107 cm³/mol. The molecule has 0 aliphatic heterocycles. The molecule has 0 fully saturated rings. The minimum Gasteiger partial charge on any atom is -0.355 e. The molecule has 2 amide bonds. The van der Waals surface area contributed by atoms with Crippen molar-refractivity contribution in [3.05, 3.63) is 39.9 Å². The Morgan fingerprint density at radius 3 is 2.46 bits per heavy atom. The van der Waals surface area contributed by atoms with Crippen LogP contribution in [0.4, 0.5) is 5.69 Å². The summed E-state index contributed by atoms with van der Waals surface area (Å²) in [5.41, 5.74) is 1.82. The van der Waals surface area contributed by atoms with Crippen molar-refractivity contribution in [2.24, 2.45) is 0 Å². The van der Waals surface area contributed by atoms with Crippen LogP contribution in [0.3, 0.4) is 0 Å². The van der Waals surface area contributed by atoms with Gasteiger partial charge in [0.1, 0.15) is 0 Å². The Morgan fingerprint density at radius 1 is 1.12 bits per heavy atom. The van der Waals surface area contributed by atoms with E-state index in [0.717, 1.165) is 19.3 Å². The molecule has 142 valence electrons. The Morgan fingerprint density at radius 2 is 1.81 bits per heavy atom. The van der Waals surface area contributed by atoms with Gasteiger partial charge in [0.15, 0.2) is 0 Å². The first-order valence-electron chi connectivity index (χ1n) is 8.82. The molecule has 2 N–H and O–H groups in total. The summed E-state index contributed by atoms with van der Waals surface area (Å²) in [6, 6.07) is 5.02. The number of likely N-dealkylation sites (N-methyl/N-ethyl adjacent to an activating group) is 1. The van der Waals surface area contributed by atoms with Gasteiger partial charge >= 0.3 is 0 Å². The van der Waals surface area contributed by atoms with Gasteiger partial charge in [-0.3, -0.25) is 14.5 Å². The normalized spacial score (nSPS) is 14.1. The van der Waals surface area contributed by atoms with E-state index in [-0.39, 0.29) is 24.9 Å². The lowest BCUT2D eigenvalue weighted by molar-refractivity contribution is -0.122. The zero-order chi connectivity index (χ0) is 18.9. The molecular formula is C19H25Cl2N3O2. The van der Waals surface area contributed by atoms with Crippen molar-refractivity contribution < 1.29 is 9.59 Å². The smallest absolute Gasteiger partial charge is 0.238 e. The fraction of sp³-hybridized carbons (Fsp3) is 0.474. The summed E-state index contributed by atoms with van der Waals surface area (Å²) >= 11 is 12.1. The zero-order valence-corrected chi connectivity index (χ0v) is 16.5. The monoisotopic (exact) mass is 397 g/mol. The first-order valence-corrected chi connectivity index (χ1v) is 9.58. The van der Waals surface area contributed by atoms with Gasteiger partial charge in [0.25, 0.3) is 0 Å². The molecule has 0 saturated heterocycles. The van der Waals surface area contributed by atoms with Crippen molar-refractivity contribution in [3.63, 3.8) is 0 Å². The van der Waals surface area contributed by atoms with Crippen molar-refractivity contribution in [1.82, 2.24) is 10.2 Å². The summed E-state index contributed by atoms with van der Waals surface area (Å²) in [5.74, 6) is -0.366. The van der Waals surface area contributed by atoms with Crippen LogP contribution in [0, 0.1) is 0 Å². The number of rotatable bonds is 8. The first kappa shape index (κ1) is 20.7. The Bertz CT molecular complexity index is 656. The molecule has 1 aliphatic carbocycles. The SMILES string of the molecule is CN(CC(=O)NCCC1=CCCCC1)CC(=O)Nc1c(Cl)cccc1Cl. The number of carbonyl (C=O) groups excluding carboxylic acids is 2. The number of benzene rings is 1. The van der Waals surface area contributed by atoms with E-state index in [4.69, 9.17) is 23.2 Å². The lowest BCUT2D eigenvalue weighted by atomic mass is 9.97. The summed E-state index contributed by atoms with van der Waals surface area (Å²) in [6.45, 7) is 0.864. The molecule has 0 saturated carbocycles. The quantitative estimate of drug-likeness (QED) is 0.654. The van der Waals surface area contributed by atoms with E-state index in [1.807, 2.05) is 0 Å². The van der Waals surface area contributed by atoms with Gasteiger partial charge in [-0.1, -0.05) is 40.9 Å². The van der Waals surface area contributed by atoms with Crippen LogP contribution in [0.2, 0.25) is 10.0 Å². The van der Waals surface area contributed by atoms with Crippen LogP contribution in [-0.4, -0.2) is 43.4 Å². The zero-order valence-electron chi connectivity index (χ0n) is 15.0. The van der Waals surface area contributed by atoms with Crippen LogP contribution < -0.4 is 10.6 Å². The van der Waals surface area contributed by atoms with Gasteiger partial charge in [0.2, 0.25) is 11.8 Å². The summed E-state index contributed by atoms with van der Waals surface area (Å²) in [5, 5.41) is 6.35. The van der Waals surface area contributed by atoms with E-state index in [1.54, 1.807) is 30.1 Å². The Balaban J connectivity index is 1.70. The fourth-order valence-electron chi connectivity index (χ4n) is 2.89. The molecule has 5 nitrogen and oxygen atoms in total. The number of nitrogens with zero attached hydrogens (tertiary/aromatic N) is 1. The maximum absolute atomic E-state index is 12.1. The summed E-state index contributed by atoms with van der Waals surface area (Å²) in [7, 11) is 1.72. The van der Waals surface area contributed by atoms with Crippen LogP contribution in [-0.2, 0) is 9.59 Å². The Kier molecular flexibility index (Phi) is 8.42. The molecule has 7 heteroatoms. The Hall–Kier alpha value is -1.56. The molecule has 0 radical (unpaired) electrons. The highest BCUT2D eigenvalue weighted by Gasteiger charge is 2.14. The van der Waals surface area contributed by atoms with Crippen LogP contribution in [0.1, 0.15) is 32.1 Å². The molecule has 1 aromatic rings. The number of amides is 2. The molecule has 0 unspecified atom stereocenters. The van der Waals surface area contributed by atoms with Crippen LogP contribution in [0.25, 0.3) is 0 Å². The molecule has 1 aromatic carbocycles. The number of para-hydroxylation sites is 1. The highest BCUT2D eigenvalue weighted by molar-refractivity contribution is 6.39. The molecule has 2 rings (SSSR count). The fourth-order valence-corrected chi connectivity index (χ4v) is 3.38. The van der Waals surface area contributed by atoms with Crippen LogP contribution in [0.15, 0.2) is 29.8 Å². The second-order valence-electron chi connectivity index (χ2n) is 6.53. The molecule has 1 aliphatic rings. The van der Waals surface area contributed by atoms with Gasteiger partial charge in [-0.05, 0) is 51.3 Å². The third kappa shape index (κ3) is 6.98. The minimum atomic E-state index is -0.275. The lowest BCUT2D eigenvalue weighted by Gasteiger charge is -2.17. The largest absolute Gasteiger partial charge is 0.355 e. The van der Waals surface area contributed by atoms with Crippen LogP contribution >= 0.6 is 23.2 Å². The molecular weight excluding hydrogens is 373 g/mol. The highest BCUT2D eigenvalue weighted by Crippen LogP contribution is 2.29. The number of nitrogens with one attached hydrogen (secondary N) is 2. The topological polar surface area (TPSA) is 61.4 Å². The van der Waals surface area contributed by atoms with Gasteiger partial charge in [-0.15, -0.1) is 0 Å². The number of allylic oxidation sites excluding steroid dienone is 1. The minimum absolute atomic E-state index is 0.0696. The van der Waals surface area contributed by atoms with E-state index in [9.17, 15) is 9.59 Å². The summed E-state index contributed by atoms with van der Waals surface area (Å²) in [6.07, 6.45) is 7.99. The first-order chi connectivity index (χ1) is 12.5. The van der Waals surface area contributed by atoms with Crippen molar-refractivity contribution in [2.75, 3.05) is 32.0 Å². The van der Waals surface area contributed by atoms with E-state index < -0.39 is 0 Å². The average Bonchev–Trinajstić information content (AvgIpc) is 2.59. The molecule has 0 atom stereocenters. The van der Waals surface area contributed by atoms with Crippen molar-refractivity contribution in [3.8, 4) is 0 Å². The lowest BCUT2D eigenvalue weighted by Crippen LogP contribution is -2.39. The van der Waals surface area contributed by atoms with Gasteiger partial charge in [-0.2, -0.15) is 0 Å². The number of hydrogen-bond donors (Lipinski definition) is 2. The maximum Gasteiger partial charge on any atom is 0.238 e. The summed E-state index contributed by atoms with van der Waals surface area (Å²) in [4.78, 5) is 25.8. The molecule has 0 aromatic heterocycles. The van der Waals surface area contributed by atoms with Gasteiger partial charge in [0, 0.05) is 6.54 Å². The maximum atomic E-state index is 12.1. The third-order valence-corrected chi connectivity index (χ3v) is 4.84. The molecule has 0 heterocycles. The molecule has 26 heavy (non-hydrogen) atoms. The second kappa shape index (κ2) is 10.6. The van der Waals surface area contributed by atoms with Gasteiger partial charge < -0.3 is 10.6 Å². The van der Waals surface area contributed by atoms with E-state index in [1.165, 1.54) is 18.4 Å². The number of carbonyl (C=O) groups is 2.